The molecule has 1 aliphatic heterocycles. The zero-order valence-corrected chi connectivity index (χ0v) is 19.0. The quantitative estimate of drug-likeness (QED) is 0.678. The van der Waals surface area contributed by atoms with Crippen LogP contribution >= 0.6 is 0 Å². The zero-order chi connectivity index (χ0) is 22.6. The number of H-pyrrole nitrogens is 1. The number of aromatic nitrogens is 2. The summed E-state index contributed by atoms with van der Waals surface area (Å²) in [6, 6.07) is 5.48. The van der Waals surface area contributed by atoms with Crippen LogP contribution in [0.5, 0.6) is 0 Å². The van der Waals surface area contributed by atoms with Crippen LogP contribution in [-0.2, 0) is 9.57 Å². The Bertz CT molecular complexity index is 908. The first kappa shape index (κ1) is 22.9. The Balaban J connectivity index is 1.58. The van der Waals surface area contributed by atoms with Gasteiger partial charge in [0.05, 0.1) is 18.2 Å². The second-order valence-corrected chi connectivity index (χ2v) is 8.76. The number of carbonyl (C=O) groups excluding carboxylic acids is 2. The molecule has 2 aromatic rings. The van der Waals surface area contributed by atoms with E-state index in [1.54, 1.807) is 11.0 Å². The number of aromatic amines is 1. The third-order valence-electron chi connectivity index (χ3n) is 5.30. The number of para-hydroxylation sites is 1. The van der Waals surface area contributed by atoms with Crippen LogP contribution < -0.4 is 5.32 Å². The lowest BCUT2D eigenvalue weighted by Crippen LogP contribution is -2.42. The van der Waals surface area contributed by atoms with E-state index in [2.05, 4.69) is 15.3 Å². The molecule has 1 aromatic heterocycles. The molecular formula is C22H33N5O4. The molecule has 9 heteroatoms. The van der Waals surface area contributed by atoms with Gasteiger partial charge in [0.1, 0.15) is 11.1 Å². The van der Waals surface area contributed by atoms with Crippen LogP contribution in [-0.4, -0.2) is 70.8 Å². The fraction of sp³-hybridized carbons (Fsp3) is 0.591. The molecule has 1 fully saturated rings. The van der Waals surface area contributed by atoms with E-state index in [-0.39, 0.29) is 12.0 Å². The maximum atomic E-state index is 12.7. The molecule has 3 rings (SSSR count). The van der Waals surface area contributed by atoms with Gasteiger partial charge in [-0.05, 0) is 58.6 Å². The van der Waals surface area contributed by atoms with Crippen LogP contribution in [0.4, 0.5) is 10.7 Å². The van der Waals surface area contributed by atoms with Crippen molar-refractivity contribution in [2.75, 3.05) is 38.6 Å². The molecule has 0 atom stereocenters. The van der Waals surface area contributed by atoms with Crippen LogP contribution in [0.25, 0.3) is 11.0 Å². The van der Waals surface area contributed by atoms with Crippen LogP contribution in [0.3, 0.4) is 0 Å². The van der Waals surface area contributed by atoms with E-state index in [0.29, 0.717) is 42.6 Å². The van der Waals surface area contributed by atoms with E-state index in [0.717, 1.165) is 24.9 Å². The number of anilines is 1. The molecule has 0 unspecified atom stereocenters. The number of imidazole rings is 1. The summed E-state index contributed by atoms with van der Waals surface area (Å²) in [5, 5.41) is 4.65. The van der Waals surface area contributed by atoms with Crippen molar-refractivity contribution in [3.8, 4) is 0 Å². The highest BCUT2D eigenvalue weighted by molar-refractivity contribution is 6.04. The van der Waals surface area contributed by atoms with Gasteiger partial charge in [-0.2, -0.15) is 0 Å². The number of nitrogens with zero attached hydrogens (tertiary/aromatic N) is 3. The molecule has 170 valence electrons. The first-order chi connectivity index (χ1) is 14.7. The van der Waals surface area contributed by atoms with Gasteiger partial charge in [0.15, 0.2) is 0 Å². The highest BCUT2D eigenvalue weighted by Crippen LogP contribution is 2.23. The van der Waals surface area contributed by atoms with E-state index < -0.39 is 5.60 Å². The number of hydrogen-bond donors (Lipinski definition) is 2. The lowest BCUT2D eigenvalue weighted by molar-refractivity contribution is -0.0913. The summed E-state index contributed by atoms with van der Waals surface area (Å²) >= 11 is 0. The Morgan fingerprint density at radius 2 is 2.00 bits per heavy atom. The second kappa shape index (κ2) is 9.55. The molecule has 0 spiro atoms. The number of piperidine rings is 1. The van der Waals surface area contributed by atoms with E-state index in [1.165, 1.54) is 12.2 Å². The molecule has 2 heterocycles. The average Bonchev–Trinajstić information content (AvgIpc) is 3.15. The van der Waals surface area contributed by atoms with Crippen molar-refractivity contribution in [2.24, 2.45) is 5.92 Å². The summed E-state index contributed by atoms with van der Waals surface area (Å²) in [5.74, 6) is 0.838. The van der Waals surface area contributed by atoms with Gasteiger partial charge in [0.2, 0.25) is 5.95 Å². The van der Waals surface area contributed by atoms with Crippen LogP contribution in [0.1, 0.15) is 50.9 Å². The van der Waals surface area contributed by atoms with Gasteiger partial charge in [-0.25, -0.2) is 14.8 Å². The van der Waals surface area contributed by atoms with Crippen molar-refractivity contribution in [2.45, 2.75) is 46.1 Å². The van der Waals surface area contributed by atoms with Crippen LogP contribution in [0.2, 0.25) is 0 Å². The molecule has 1 saturated heterocycles. The number of rotatable bonds is 6. The maximum Gasteiger partial charge on any atom is 0.410 e. The Hall–Kier alpha value is -2.81. The number of hydrogen-bond acceptors (Lipinski definition) is 6. The number of hydroxylamine groups is 2. The minimum Gasteiger partial charge on any atom is -0.444 e. The molecule has 9 nitrogen and oxygen atoms in total. The molecule has 0 bridgehead atoms. The van der Waals surface area contributed by atoms with Gasteiger partial charge < -0.3 is 19.9 Å². The fourth-order valence-electron chi connectivity index (χ4n) is 3.67. The lowest BCUT2D eigenvalue weighted by atomic mass is 9.97. The third-order valence-corrected chi connectivity index (χ3v) is 5.30. The molecule has 0 radical (unpaired) electrons. The standard InChI is InChI=1S/C22H33N5O4/c1-6-27(30-5)19(28)16-8-7-9-17-18(16)25-20(24-17)23-14-15-10-12-26(13-11-15)21(29)31-22(2,3)4/h7-9,15H,6,10-14H2,1-5H3,(H2,23,24,25). The van der Waals surface area contributed by atoms with Crippen molar-refractivity contribution >= 4 is 29.0 Å². The Morgan fingerprint density at radius 1 is 1.29 bits per heavy atom. The first-order valence-corrected chi connectivity index (χ1v) is 10.8. The minimum absolute atomic E-state index is 0.219. The number of amides is 2. The predicted molar refractivity (Wildman–Crippen MR) is 119 cm³/mol. The summed E-state index contributed by atoms with van der Waals surface area (Å²) in [4.78, 5) is 39.7. The van der Waals surface area contributed by atoms with E-state index in [1.807, 2.05) is 39.8 Å². The SMILES string of the molecule is CCN(OC)C(=O)c1cccc2[nH]c(NCC3CCN(C(=O)OC(C)(C)C)CC3)nc12. The molecule has 0 saturated carbocycles. The highest BCUT2D eigenvalue weighted by Gasteiger charge is 2.27. The van der Waals surface area contributed by atoms with Crippen molar-refractivity contribution < 1.29 is 19.2 Å². The molecule has 31 heavy (non-hydrogen) atoms. The molecule has 0 aliphatic carbocycles. The van der Waals surface area contributed by atoms with Crippen molar-refractivity contribution in [3.05, 3.63) is 23.8 Å². The Labute approximate surface area is 183 Å². The fourth-order valence-corrected chi connectivity index (χ4v) is 3.67. The van der Waals surface area contributed by atoms with E-state index in [9.17, 15) is 9.59 Å². The van der Waals surface area contributed by atoms with Crippen molar-refractivity contribution in [3.63, 3.8) is 0 Å². The maximum absolute atomic E-state index is 12.7. The smallest absolute Gasteiger partial charge is 0.410 e. The average molecular weight is 432 g/mol. The van der Waals surface area contributed by atoms with Crippen molar-refractivity contribution in [1.29, 1.82) is 0 Å². The van der Waals surface area contributed by atoms with Gasteiger partial charge in [-0.3, -0.25) is 9.63 Å². The summed E-state index contributed by atoms with van der Waals surface area (Å²) in [5.41, 5.74) is 1.43. The monoisotopic (exact) mass is 431 g/mol. The lowest BCUT2D eigenvalue weighted by Gasteiger charge is -2.33. The van der Waals surface area contributed by atoms with Crippen LogP contribution in [0.15, 0.2) is 18.2 Å². The van der Waals surface area contributed by atoms with Gasteiger partial charge in [0.25, 0.3) is 5.91 Å². The topological polar surface area (TPSA) is 99.8 Å². The largest absolute Gasteiger partial charge is 0.444 e. The van der Waals surface area contributed by atoms with Crippen LogP contribution in [0, 0.1) is 5.92 Å². The van der Waals surface area contributed by atoms with Gasteiger partial charge in [-0.15, -0.1) is 0 Å². The summed E-state index contributed by atoms with van der Waals surface area (Å²) in [6.07, 6.45) is 1.55. The minimum atomic E-state index is -0.478. The molecule has 1 aromatic carbocycles. The number of benzene rings is 1. The van der Waals surface area contributed by atoms with E-state index >= 15 is 0 Å². The van der Waals surface area contributed by atoms with E-state index in [4.69, 9.17) is 9.57 Å². The Kier molecular flexibility index (Phi) is 7.04. The highest BCUT2D eigenvalue weighted by atomic mass is 16.7. The number of carbonyl (C=O) groups is 2. The number of ether oxygens (including phenoxy) is 1. The van der Waals surface area contributed by atoms with Gasteiger partial charge in [0, 0.05) is 26.2 Å². The van der Waals surface area contributed by atoms with Crippen molar-refractivity contribution in [1.82, 2.24) is 19.9 Å². The normalized spacial score (nSPS) is 15.2. The first-order valence-electron chi connectivity index (χ1n) is 10.8. The molecule has 2 N–H and O–H groups in total. The predicted octanol–water partition coefficient (Wildman–Crippen LogP) is 3.65. The number of likely N-dealkylation sites (tertiary alicyclic amines) is 1. The number of fused-ring (bicyclic) bond motifs is 1. The zero-order valence-electron chi connectivity index (χ0n) is 19.0. The summed E-state index contributed by atoms with van der Waals surface area (Å²) < 4.78 is 5.46. The number of nitrogens with one attached hydrogen (secondary N) is 2. The Morgan fingerprint density at radius 3 is 2.61 bits per heavy atom. The molecular weight excluding hydrogens is 398 g/mol. The third kappa shape index (κ3) is 5.66. The summed E-state index contributed by atoms with van der Waals surface area (Å²) in [6.45, 7) is 10.0. The van der Waals surface area contributed by atoms with Gasteiger partial charge >= 0.3 is 6.09 Å². The molecule has 2 amide bonds. The molecule has 1 aliphatic rings. The van der Waals surface area contributed by atoms with Gasteiger partial charge in [-0.1, -0.05) is 6.07 Å². The second-order valence-electron chi connectivity index (χ2n) is 8.76. The summed E-state index contributed by atoms with van der Waals surface area (Å²) in [7, 11) is 1.48.